The molecule has 29 heavy (non-hydrogen) atoms. The van der Waals surface area contributed by atoms with Crippen molar-refractivity contribution in [2.45, 2.75) is 38.8 Å². The van der Waals surface area contributed by atoms with Gasteiger partial charge in [0, 0.05) is 20.0 Å². The molecule has 0 heterocycles. The van der Waals surface area contributed by atoms with E-state index >= 15 is 0 Å². The minimum Gasteiger partial charge on any atom is -0.493 e. The molecule has 2 rings (SSSR count). The van der Waals surface area contributed by atoms with Crippen molar-refractivity contribution in [3.8, 4) is 11.5 Å². The van der Waals surface area contributed by atoms with Crippen LogP contribution in [-0.4, -0.2) is 44.0 Å². The van der Waals surface area contributed by atoms with Crippen molar-refractivity contribution >= 4 is 11.8 Å². The Morgan fingerprint density at radius 2 is 1.69 bits per heavy atom. The molecule has 0 saturated carbocycles. The summed E-state index contributed by atoms with van der Waals surface area (Å²) in [5.74, 6) is 1.08. The summed E-state index contributed by atoms with van der Waals surface area (Å²) in [4.78, 5) is 27.2. The van der Waals surface area contributed by atoms with Crippen LogP contribution in [0.25, 0.3) is 0 Å². The number of rotatable bonds is 10. The van der Waals surface area contributed by atoms with Crippen LogP contribution in [0, 0.1) is 0 Å². The van der Waals surface area contributed by atoms with Crippen LogP contribution in [0.2, 0.25) is 0 Å². The number of amides is 2. The van der Waals surface area contributed by atoms with E-state index in [4.69, 9.17) is 9.47 Å². The van der Waals surface area contributed by atoms with Gasteiger partial charge in [-0.2, -0.15) is 0 Å². The highest BCUT2D eigenvalue weighted by atomic mass is 16.5. The molecule has 0 aliphatic carbocycles. The number of nitrogens with zero attached hydrogens (tertiary/aromatic N) is 1. The summed E-state index contributed by atoms with van der Waals surface area (Å²) in [5.41, 5.74) is 1.97. The third-order valence-corrected chi connectivity index (χ3v) is 4.90. The number of nitrogens with one attached hydrogen (secondary N) is 1. The lowest BCUT2D eigenvalue weighted by atomic mass is 10.1. The van der Waals surface area contributed by atoms with E-state index in [1.807, 2.05) is 55.5 Å². The molecule has 0 aliphatic heterocycles. The fourth-order valence-electron chi connectivity index (χ4n) is 3.30. The fraction of sp³-hybridized carbons (Fsp3) is 0.391. The second-order valence-electron chi connectivity index (χ2n) is 6.73. The highest BCUT2D eigenvalue weighted by Crippen LogP contribution is 2.28. The monoisotopic (exact) mass is 398 g/mol. The van der Waals surface area contributed by atoms with E-state index < -0.39 is 6.04 Å². The fourth-order valence-corrected chi connectivity index (χ4v) is 3.30. The van der Waals surface area contributed by atoms with Crippen LogP contribution in [0.15, 0.2) is 48.5 Å². The second-order valence-corrected chi connectivity index (χ2v) is 6.73. The molecule has 0 aliphatic rings. The van der Waals surface area contributed by atoms with Gasteiger partial charge in [0.05, 0.1) is 14.2 Å². The first-order valence-electron chi connectivity index (χ1n) is 9.79. The maximum absolute atomic E-state index is 13.1. The topological polar surface area (TPSA) is 67.9 Å². The number of carbonyl (C=O) groups is 2. The lowest BCUT2D eigenvalue weighted by Gasteiger charge is -2.30. The highest BCUT2D eigenvalue weighted by Gasteiger charge is 2.27. The normalized spacial score (nSPS) is 11.4. The number of methoxy groups -OCH3 is 2. The summed E-state index contributed by atoms with van der Waals surface area (Å²) in [6.07, 6.45) is 1.40. The Bertz CT molecular complexity index is 808. The van der Waals surface area contributed by atoms with Crippen molar-refractivity contribution in [1.29, 1.82) is 0 Å². The molecule has 6 heteroatoms. The van der Waals surface area contributed by atoms with Gasteiger partial charge in [0.1, 0.15) is 6.04 Å². The molecule has 0 fully saturated rings. The zero-order valence-corrected chi connectivity index (χ0v) is 17.6. The standard InChI is InChI=1S/C23H30N2O4/c1-5-19(23(27)24-2)25(16-18-9-7-6-8-10-18)22(26)14-12-17-11-13-20(28-3)21(15-17)29-4/h6-11,13,15,19H,5,12,14,16H2,1-4H3,(H,24,27). The molecule has 0 saturated heterocycles. The Morgan fingerprint density at radius 1 is 1.00 bits per heavy atom. The smallest absolute Gasteiger partial charge is 0.242 e. The number of aryl methyl sites for hydroxylation is 1. The largest absolute Gasteiger partial charge is 0.493 e. The van der Waals surface area contributed by atoms with Gasteiger partial charge in [0.15, 0.2) is 11.5 Å². The van der Waals surface area contributed by atoms with Gasteiger partial charge in [0.25, 0.3) is 0 Å². The molecule has 1 N–H and O–H groups in total. The second kappa shape index (κ2) is 11.1. The average Bonchev–Trinajstić information content (AvgIpc) is 2.77. The van der Waals surface area contributed by atoms with Gasteiger partial charge in [-0.25, -0.2) is 0 Å². The average molecular weight is 399 g/mol. The van der Waals surface area contributed by atoms with E-state index in [0.29, 0.717) is 37.3 Å². The molecule has 6 nitrogen and oxygen atoms in total. The van der Waals surface area contributed by atoms with Gasteiger partial charge < -0.3 is 19.7 Å². The third-order valence-electron chi connectivity index (χ3n) is 4.90. The molecule has 1 atom stereocenters. The molecule has 0 spiro atoms. The van der Waals surface area contributed by atoms with Crippen molar-refractivity contribution in [3.05, 3.63) is 59.7 Å². The Morgan fingerprint density at radius 3 is 2.28 bits per heavy atom. The first-order valence-corrected chi connectivity index (χ1v) is 9.79. The zero-order chi connectivity index (χ0) is 21.2. The van der Waals surface area contributed by atoms with Crippen LogP contribution in [0.5, 0.6) is 11.5 Å². The molecular formula is C23H30N2O4. The summed E-state index contributed by atoms with van der Waals surface area (Å²) in [6.45, 7) is 2.32. The van der Waals surface area contributed by atoms with E-state index in [0.717, 1.165) is 11.1 Å². The Balaban J connectivity index is 2.17. The Labute approximate surface area is 172 Å². The van der Waals surface area contributed by atoms with Gasteiger partial charge in [-0.3, -0.25) is 9.59 Å². The first-order chi connectivity index (χ1) is 14.0. The Hall–Kier alpha value is -3.02. The number of hydrogen-bond acceptors (Lipinski definition) is 4. The molecule has 2 aromatic carbocycles. The maximum atomic E-state index is 13.1. The van der Waals surface area contributed by atoms with Crippen LogP contribution < -0.4 is 14.8 Å². The molecule has 0 aromatic heterocycles. The number of benzene rings is 2. The van der Waals surface area contributed by atoms with E-state index in [9.17, 15) is 9.59 Å². The lowest BCUT2D eigenvalue weighted by molar-refractivity contribution is -0.141. The Kier molecular flexibility index (Phi) is 8.52. The predicted octanol–water partition coefficient (Wildman–Crippen LogP) is 3.19. The third kappa shape index (κ3) is 5.98. The number of carbonyl (C=O) groups excluding carboxylic acids is 2. The molecule has 0 bridgehead atoms. The first kappa shape index (κ1) is 22.3. The number of ether oxygens (including phenoxy) is 2. The summed E-state index contributed by atoms with van der Waals surface area (Å²) in [7, 11) is 4.77. The molecule has 1 unspecified atom stereocenters. The van der Waals surface area contributed by atoms with E-state index in [1.165, 1.54) is 0 Å². The molecule has 2 amide bonds. The lowest BCUT2D eigenvalue weighted by Crippen LogP contribution is -2.48. The van der Waals surface area contributed by atoms with Crippen LogP contribution in [0.3, 0.4) is 0 Å². The minimum absolute atomic E-state index is 0.0564. The van der Waals surface area contributed by atoms with Crippen LogP contribution in [0.4, 0.5) is 0 Å². The highest BCUT2D eigenvalue weighted by molar-refractivity contribution is 5.87. The molecule has 0 radical (unpaired) electrons. The van der Waals surface area contributed by atoms with Crippen molar-refractivity contribution in [2.75, 3.05) is 21.3 Å². The van der Waals surface area contributed by atoms with Gasteiger partial charge in [0.2, 0.25) is 11.8 Å². The molecule has 2 aromatic rings. The SMILES string of the molecule is CCC(C(=O)NC)N(Cc1ccccc1)C(=O)CCc1ccc(OC)c(OC)c1. The van der Waals surface area contributed by atoms with Crippen molar-refractivity contribution in [2.24, 2.45) is 0 Å². The van der Waals surface area contributed by atoms with E-state index in [2.05, 4.69) is 5.32 Å². The number of hydrogen-bond donors (Lipinski definition) is 1. The molecule has 156 valence electrons. The van der Waals surface area contributed by atoms with Crippen LogP contribution >= 0.6 is 0 Å². The summed E-state index contributed by atoms with van der Waals surface area (Å²) < 4.78 is 10.6. The summed E-state index contributed by atoms with van der Waals surface area (Å²) in [5, 5.41) is 2.68. The van der Waals surface area contributed by atoms with Crippen molar-refractivity contribution in [3.63, 3.8) is 0 Å². The van der Waals surface area contributed by atoms with Gasteiger partial charge in [-0.1, -0.05) is 43.3 Å². The van der Waals surface area contributed by atoms with Crippen molar-refractivity contribution < 1.29 is 19.1 Å². The zero-order valence-electron chi connectivity index (χ0n) is 17.6. The molecular weight excluding hydrogens is 368 g/mol. The van der Waals surface area contributed by atoms with Gasteiger partial charge in [-0.15, -0.1) is 0 Å². The summed E-state index contributed by atoms with van der Waals surface area (Å²) in [6, 6.07) is 14.9. The quantitative estimate of drug-likeness (QED) is 0.667. The maximum Gasteiger partial charge on any atom is 0.242 e. The van der Waals surface area contributed by atoms with Crippen molar-refractivity contribution in [1.82, 2.24) is 10.2 Å². The minimum atomic E-state index is -0.502. The van der Waals surface area contributed by atoms with Gasteiger partial charge >= 0.3 is 0 Å². The van der Waals surface area contributed by atoms with Crippen LogP contribution in [-0.2, 0) is 22.6 Å². The van der Waals surface area contributed by atoms with E-state index in [-0.39, 0.29) is 11.8 Å². The van der Waals surface area contributed by atoms with Crippen LogP contribution in [0.1, 0.15) is 30.9 Å². The van der Waals surface area contributed by atoms with Gasteiger partial charge in [-0.05, 0) is 36.1 Å². The van der Waals surface area contributed by atoms with E-state index in [1.54, 1.807) is 26.2 Å². The summed E-state index contributed by atoms with van der Waals surface area (Å²) >= 11 is 0. The number of likely N-dealkylation sites (N-methyl/N-ethyl adjacent to an activating group) is 1. The predicted molar refractivity (Wildman–Crippen MR) is 113 cm³/mol.